The first kappa shape index (κ1) is 13.0. The molecular formula is C14H29N. The van der Waals surface area contributed by atoms with E-state index < -0.39 is 0 Å². The smallest absolute Gasteiger partial charge is 0.00180 e. The minimum atomic E-state index is 0.944. The first-order chi connectivity index (χ1) is 7.27. The van der Waals surface area contributed by atoms with Crippen molar-refractivity contribution in [1.82, 2.24) is 5.32 Å². The summed E-state index contributed by atoms with van der Waals surface area (Å²) in [6, 6.07) is 0. The van der Waals surface area contributed by atoms with Gasteiger partial charge in [-0.15, -0.1) is 0 Å². The van der Waals surface area contributed by atoms with Gasteiger partial charge in [0.15, 0.2) is 0 Å². The monoisotopic (exact) mass is 211 g/mol. The lowest BCUT2D eigenvalue weighted by Crippen LogP contribution is -2.32. The van der Waals surface area contributed by atoms with Gasteiger partial charge in [0, 0.05) is 0 Å². The molecule has 1 heteroatoms. The van der Waals surface area contributed by atoms with E-state index in [1.807, 2.05) is 0 Å². The van der Waals surface area contributed by atoms with E-state index in [4.69, 9.17) is 0 Å². The molecular weight excluding hydrogens is 182 g/mol. The molecule has 1 rings (SSSR count). The Labute approximate surface area is 96.0 Å². The number of hydrogen-bond acceptors (Lipinski definition) is 1. The molecule has 0 bridgehead atoms. The maximum atomic E-state index is 3.58. The Morgan fingerprint density at radius 1 is 1.13 bits per heavy atom. The predicted octanol–water partition coefficient (Wildman–Crippen LogP) is 3.84. The number of nitrogens with one attached hydrogen (secondary N) is 1. The zero-order chi connectivity index (χ0) is 11.1. The maximum Gasteiger partial charge on any atom is -0.00180 e. The van der Waals surface area contributed by atoms with Crippen molar-refractivity contribution in [3.05, 3.63) is 0 Å². The fourth-order valence-electron chi connectivity index (χ4n) is 3.01. The molecule has 15 heavy (non-hydrogen) atoms. The second-order valence-corrected chi connectivity index (χ2v) is 5.41. The fraction of sp³-hybridized carbons (Fsp3) is 1.00. The summed E-state index contributed by atoms with van der Waals surface area (Å²) < 4.78 is 0. The molecule has 1 N–H and O–H groups in total. The first-order valence-electron chi connectivity index (χ1n) is 6.98. The zero-order valence-corrected chi connectivity index (χ0v) is 10.9. The third-order valence-electron chi connectivity index (χ3n) is 3.99. The van der Waals surface area contributed by atoms with Gasteiger partial charge in [-0.05, 0) is 50.1 Å². The van der Waals surface area contributed by atoms with Gasteiger partial charge in [-0.2, -0.15) is 0 Å². The molecule has 0 amide bonds. The van der Waals surface area contributed by atoms with Crippen molar-refractivity contribution in [3.63, 3.8) is 0 Å². The van der Waals surface area contributed by atoms with Crippen LogP contribution in [0.3, 0.4) is 0 Å². The quantitative estimate of drug-likeness (QED) is 0.658. The summed E-state index contributed by atoms with van der Waals surface area (Å²) in [6.45, 7) is 9.48. The third-order valence-corrected chi connectivity index (χ3v) is 3.99. The van der Waals surface area contributed by atoms with E-state index in [0.29, 0.717) is 0 Å². The Morgan fingerprint density at radius 3 is 2.53 bits per heavy atom. The summed E-state index contributed by atoms with van der Waals surface area (Å²) in [5, 5.41) is 3.58. The molecule has 90 valence electrons. The highest BCUT2D eigenvalue weighted by molar-refractivity contribution is 4.78. The van der Waals surface area contributed by atoms with Crippen LogP contribution in [0.1, 0.15) is 59.3 Å². The summed E-state index contributed by atoms with van der Waals surface area (Å²) in [5.74, 6) is 2.93. The Kier molecular flexibility index (Phi) is 6.31. The lowest BCUT2D eigenvalue weighted by Gasteiger charge is -2.34. The van der Waals surface area contributed by atoms with Crippen molar-refractivity contribution < 1.29 is 0 Å². The van der Waals surface area contributed by atoms with Gasteiger partial charge in [-0.1, -0.05) is 40.0 Å². The molecule has 0 aromatic carbocycles. The molecule has 0 aliphatic heterocycles. The second-order valence-electron chi connectivity index (χ2n) is 5.41. The van der Waals surface area contributed by atoms with Crippen molar-refractivity contribution in [3.8, 4) is 0 Å². The highest BCUT2D eigenvalue weighted by atomic mass is 14.9. The maximum absolute atomic E-state index is 3.58. The standard InChI is InChI=1S/C14H29N/c1-4-6-13-7-8-14(12(3)10-13)11-15-9-5-2/h12-15H,4-11H2,1-3H3. The molecule has 1 aliphatic carbocycles. The molecule has 0 spiro atoms. The van der Waals surface area contributed by atoms with E-state index in [-0.39, 0.29) is 0 Å². The molecule has 3 unspecified atom stereocenters. The molecule has 3 atom stereocenters. The zero-order valence-electron chi connectivity index (χ0n) is 10.9. The van der Waals surface area contributed by atoms with Crippen LogP contribution in [0.25, 0.3) is 0 Å². The van der Waals surface area contributed by atoms with E-state index in [1.54, 1.807) is 0 Å². The normalized spacial score (nSPS) is 31.8. The molecule has 1 fully saturated rings. The SMILES string of the molecule is CCCNCC1CCC(CCC)CC1C. The van der Waals surface area contributed by atoms with E-state index in [9.17, 15) is 0 Å². The van der Waals surface area contributed by atoms with E-state index >= 15 is 0 Å². The van der Waals surface area contributed by atoms with Gasteiger partial charge in [0.05, 0.1) is 0 Å². The lowest BCUT2D eigenvalue weighted by molar-refractivity contribution is 0.182. The van der Waals surface area contributed by atoms with Gasteiger partial charge < -0.3 is 5.32 Å². The summed E-state index contributed by atoms with van der Waals surface area (Å²) in [4.78, 5) is 0. The van der Waals surface area contributed by atoms with Crippen LogP contribution >= 0.6 is 0 Å². The molecule has 0 aromatic rings. The van der Waals surface area contributed by atoms with Crippen LogP contribution in [0.2, 0.25) is 0 Å². The molecule has 1 aliphatic rings. The van der Waals surface area contributed by atoms with Gasteiger partial charge in [0.2, 0.25) is 0 Å². The lowest BCUT2D eigenvalue weighted by atomic mass is 9.73. The van der Waals surface area contributed by atoms with Gasteiger partial charge in [-0.25, -0.2) is 0 Å². The van der Waals surface area contributed by atoms with E-state index in [0.717, 1.165) is 17.8 Å². The van der Waals surface area contributed by atoms with Crippen LogP contribution < -0.4 is 5.32 Å². The minimum Gasteiger partial charge on any atom is -0.316 e. The molecule has 0 saturated heterocycles. The van der Waals surface area contributed by atoms with Crippen molar-refractivity contribution in [2.24, 2.45) is 17.8 Å². The van der Waals surface area contributed by atoms with Gasteiger partial charge >= 0.3 is 0 Å². The number of rotatable bonds is 6. The molecule has 1 saturated carbocycles. The summed E-state index contributed by atoms with van der Waals surface area (Å²) >= 11 is 0. The average Bonchev–Trinajstić information content (AvgIpc) is 2.22. The Hall–Kier alpha value is -0.0400. The van der Waals surface area contributed by atoms with Crippen LogP contribution in [0.5, 0.6) is 0 Å². The van der Waals surface area contributed by atoms with E-state index in [2.05, 4.69) is 26.1 Å². The summed E-state index contributed by atoms with van der Waals surface area (Å²) in [5.41, 5.74) is 0. The van der Waals surface area contributed by atoms with Crippen LogP contribution in [0.15, 0.2) is 0 Å². The molecule has 0 heterocycles. The number of hydrogen-bond donors (Lipinski definition) is 1. The Bertz CT molecular complexity index is 155. The first-order valence-corrected chi connectivity index (χ1v) is 6.98. The van der Waals surface area contributed by atoms with Gasteiger partial charge in [0.1, 0.15) is 0 Å². The topological polar surface area (TPSA) is 12.0 Å². The van der Waals surface area contributed by atoms with Gasteiger partial charge in [-0.3, -0.25) is 0 Å². The van der Waals surface area contributed by atoms with Crippen molar-refractivity contribution in [2.75, 3.05) is 13.1 Å². The average molecular weight is 211 g/mol. The van der Waals surface area contributed by atoms with Crippen LogP contribution in [-0.2, 0) is 0 Å². The predicted molar refractivity (Wildman–Crippen MR) is 68.1 cm³/mol. The summed E-state index contributed by atoms with van der Waals surface area (Å²) in [7, 11) is 0. The highest BCUT2D eigenvalue weighted by Gasteiger charge is 2.26. The van der Waals surface area contributed by atoms with Crippen LogP contribution in [-0.4, -0.2) is 13.1 Å². The highest BCUT2D eigenvalue weighted by Crippen LogP contribution is 2.35. The van der Waals surface area contributed by atoms with Crippen molar-refractivity contribution in [1.29, 1.82) is 0 Å². The van der Waals surface area contributed by atoms with Gasteiger partial charge in [0.25, 0.3) is 0 Å². The summed E-state index contributed by atoms with van der Waals surface area (Å²) in [6.07, 6.45) is 8.51. The Balaban J connectivity index is 2.20. The molecule has 0 radical (unpaired) electrons. The largest absolute Gasteiger partial charge is 0.316 e. The van der Waals surface area contributed by atoms with Crippen molar-refractivity contribution in [2.45, 2.75) is 59.3 Å². The van der Waals surface area contributed by atoms with Crippen LogP contribution in [0.4, 0.5) is 0 Å². The Morgan fingerprint density at radius 2 is 1.93 bits per heavy atom. The van der Waals surface area contributed by atoms with E-state index in [1.165, 1.54) is 51.6 Å². The minimum absolute atomic E-state index is 0.944. The third kappa shape index (κ3) is 4.55. The van der Waals surface area contributed by atoms with Crippen LogP contribution in [0, 0.1) is 17.8 Å². The molecule has 1 nitrogen and oxygen atoms in total. The second kappa shape index (κ2) is 7.27. The molecule has 0 aromatic heterocycles. The van der Waals surface area contributed by atoms with Crippen molar-refractivity contribution >= 4 is 0 Å². The fourth-order valence-corrected chi connectivity index (χ4v) is 3.01.